The third-order valence-electron chi connectivity index (χ3n) is 6.20. The van der Waals surface area contributed by atoms with Gasteiger partial charge in [0.1, 0.15) is 23.0 Å². The second-order valence-corrected chi connectivity index (χ2v) is 8.94. The molecule has 206 valence electrons. The minimum Gasteiger partial charge on any atom is -0.457 e. The Morgan fingerprint density at radius 3 is 1.26 bits per heavy atom. The standard InChI is InChI=1S/C32H20N2O8/c35-31(27-8-1-3-10-29(27)41-25-16-12-23(13-17-25)33(37)38)21-6-5-7-22(20-21)32(36)28-9-2-4-11-30(28)42-26-18-14-24(15-19-26)34(39)40/h1-20H. The minimum absolute atomic E-state index is 0.0899. The molecule has 10 heteroatoms. The largest absolute Gasteiger partial charge is 0.457 e. The molecule has 0 aliphatic heterocycles. The van der Waals surface area contributed by atoms with E-state index in [0.29, 0.717) is 11.5 Å². The van der Waals surface area contributed by atoms with Gasteiger partial charge in [0, 0.05) is 35.4 Å². The van der Waals surface area contributed by atoms with Gasteiger partial charge in [-0.25, -0.2) is 0 Å². The fraction of sp³-hybridized carbons (Fsp3) is 0. The first-order chi connectivity index (χ1) is 20.3. The summed E-state index contributed by atoms with van der Waals surface area (Å²) in [5, 5.41) is 21.9. The number of nitrogens with zero attached hydrogens (tertiary/aromatic N) is 2. The third-order valence-corrected chi connectivity index (χ3v) is 6.20. The SMILES string of the molecule is O=C(c1cccc(C(=O)c2ccccc2Oc2ccc([N+](=O)[O-])cc2)c1)c1ccccc1Oc1ccc([N+](=O)[O-])cc1. The van der Waals surface area contributed by atoms with Crippen LogP contribution in [0.5, 0.6) is 23.0 Å². The normalized spacial score (nSPS) is 10.5. The van der Waals surface area contributed by atoms with Crippen molar-refractivity contribution in [2.24, 2.45) is 0 Å². The lowest BCUT2D eigenvalue weighted by Gasteiger charge is -2.12. The van der Waals surface area contributed by atoms with Gasteiger partial charge in [-0.3, -0.25) is 29.8 Å². The van der Waals surface area contributed by atoms with E-state index in [1.165, 1.54) is 54.6 Å². The van der Waals surface area contributed by atoms with E-state index >= 15 is 0 Å². The number of carbonyl (C=O) groups excluding carboxylic acids is 2. The van der Waals surface area contributed by atoms with E-state index in [-0.39, 0.29) is 45.1 Å². The number of nitro benzene ring substituents is 2. The van der Waals surface area contributed by atoms with E-state index in [1.54, 1.807) is 66.7 Å². The molecule has 0 unspecified atom stereocenters. The first-order valence-corrected chi connectivity index (χ1v) is 12.5. The molecule has 10 nitrogen and oxygen atoms in total. The average Bonchev–Trinajstić information content (AvgIpc) is 3.01. The molecule has 0 aliphatic rings. The third kappa shape index (κ3) is 6.02. The van der Waals surface area contributed by atoms with E-state index in [9.17, 15) is 29.8 Å². The van der Waals surface area contributed by atoms with Crippen molar-refractivity contribution in [2.45, 2.75) is 0 Å². The number of non-ortho nitro benzene ring substituents is 2. The summed E-state index contributed by atoms with van der Waals surface area (Å²) in [5.74, 6) is 0.337. The van der Waals surface area contributed by atoms with Crippen molar-refractivity contribution in [3.63, 3.8) is 0 Å². The van der Waals surface area contributed by atoms with Crippen LogP contribution in [0.2, 0.25) is 0 Å². The zero-order chi connectivity index (χ0) is 29.6. The van der Waals surface area contributed by atoms with Crippen LogP contribution in [-0.2, 0) is 0 Å². The predicted molar refractivity (Wildman–Crippen MR) is 153 cm³/mol. The summed E-state index contributed by atoms with van der Waals surface area (Å²) in [7, 11) is 0. The van der Waals surface area contributed by atoms with Crippen molar-refractivity contribution in [1.82, 2.24) is 0 Å². The van der Waals surface area contributed by atoms with Crippen LogP contribution in [0.1, 0.15) is 31.8 Å². The second kappa shape index (κ2) is 11.9. The van der Waals surface area contributed by atoms with Gasteiger partial charge >= 0.3 is 0 Å². The quantitative estimate of drug-likeness (QED) is 0.0969. The van der Waals surface area contributed by atoms with Gasteiger partial charge in [0.05, 0.1) is 21.0 Å². The van der Waals surface area contributed by atoms with Crippen LogP contribution in [0.15, 0.2) is 121 Å². The maximum Gasteiger partial charge on any atom is 0.269 e. The number of hydrogen-bond donors (Lipinski definition) is 0. The van der Waals surface area contributed by atoms with Gasteiger partial charge in [-0.2, -0.15) is 0 Å². The van der Waals surface area contributed by atoms with Crippen molar-refractivity contribution >= 4 is 22.9 Å². The molecule has 0 amide bonds. The summed E-state index contributed by atoms with van der Waals surface area (Å²) >= 11 is 0. The molecule has 0 N–H and O–H groups in total. The molecule has 0 aliphatic carbocycles. The van der Waals surface area contributed by atoms with Gasteiger partial charge in [0.25, 0.3) is 11.4 Å². The molecule has 0 saturated carbocycles. The van der Waals surface area contributed by atoms with E-state index in [1.807, 2.05) is 0 Å². The van der Waals surface area contributed by atoms with Gasteiger partial charge < -0.3 is 9.47 Å². The monoisotopic (exact) mass is 560 g/mol. The molecule has 0 spiro atoms. The maximum atomic E-state index is 13.5. The lowest BCUT2D eigenvalue weighted by molar-refractivity contribution is -0.385. The Balaban J connectivity index is 1.39. The predicted octanol–water partition coefficient (Wildman–Crippen LogP) is 7.55. The summed E-state index contributed by atoms with van der Waals surface area (Å²) < 4.78 is 11.7. The Hall–Kier alpha value is -6.16. The Morgan fingerprint density at radius 1 is 0.500 bits per heavy atom. The Kier molecular flexibility index (Phi) is 7.78. The van der Waals surface area contributed by atoms with Gasteiger partial charge in [-0.05, 0) is 54.6 Å². The highest BCUT2D eigenvalue weighted by molar-refractivity contribution is 6.14. The number of nitro groups is 2. The molecule has 0 aromatic heterocycles. The van der Waals surface area contributed by atoms with Crippen molar-refractivity contribution in [3.8, 4) is 23.0 Å². The highest BCUT2D eigenvalue weighted by Gasteiger charge is 2.20. The lowest BCUT2D eigenvalue weighted by atomic mass is 9.96. The highest BCUT2D eigenvalue weighted by atomic mass is 16.6. The second-order valence-electron chi connectivity index (χ2n) is 8.94. The molecule has 0 atom stereocenters. The minimum atomic E-state index is -0.518. The molecule has 0 fully saturated rings. The molecule has 5 aromatic carbocycles. The Bertz CT molecular complexity index is 1690. The first kappa shape index (κ1) is 27.4. The van der Waals surface area contributed by atoms with Crippen molar-refractivity contribution in [2.75, 3.05) is 0 Å². The lowest BCUT2D eigenvalue weighted by Crippen LogP contribution is -2.08. The Labute approximate surface area is 238 Å². The molecule has 0 radical (unpaired) electrons. The summed E-state index contributed by atoms with van der Waals surface area (Å²) in [5.41, 5.74) is 0.786. The topological polar surface area (TPSA) is 139 Å². The van der Waals surface area contributed by atoms with Crippen LogP contribution < -0.4 is 9.47 Å². The number of ketones is 2. The van der Waals surface area contributed by atoms with Crippen LogP contribution in [0, 0.1) is 20.2 Å². The molecule has 0 bridgehead atoms. The van der Waals surface area contributed by atoms with Crippen LogP contribution in [0.3, 0.4) is 0 Å². The van der Waals surface area contributed by atoms with Gasteiger partial charge in [0.15, 0.2) is 11.6 Å². The number of rotatable bonds is 10. The summed E-state index contributed by atoms with van der Waals surface area (Å²) in [4.78, 5) is 47.9. The number of carbonyl (C=O) groups is 2. The molecule has 5 rings (SSSR count). The van der Waals surface area contributed by atoms with Crippen molar-refractivity contribution < 1.29 is 28.9 Å². The number of benzene rings is 5. The molecule has 5 aromatic rings. The smallest absolute Gasteiger partial charge is 0.269 e. The fourth-order valence-electron chi connectivity index (χ4n) is 4.12. The van der Waals surface area contributed by atoms with Gasteiger partial charge in [-0.1, -0.05) is 42.5 Å². The van der Waals surface area contributed by atoms with E-state index in [0.717, 1.165) is 0 Å². The molecular weight excluding hydrogens is 540 g/mol. The zero-order valence-corrected chi connectivity index (χ0v) is 21.7. The van der Waals surface area contributed by atoms with Gasteiger partial charge in [0.2, 0.25) is 0 Å². The molecule has 0 heterocycles. The maximum absolute atomic E-state index is 13.5. The molecular formula is C32H20N2O8. The number of hydrogen-bond acceptors (Lipinski definition) is 8. The summed E-state index contributed by atoms with van der Waals surface area (Å²) in [6.07, 6.45) is 0. The van der Waals surface area contributed by atoms with Crippen LogP contribution in [0.4, 0.5) is 11.4 Å². The first-order valence-electron chi connectivity index (χ1n) is 12.5. The molecule has 0 saturated heterocycles. The number of ether oxygens (including phenoxy) is 2. The number of para-hydroxylation sites is 2. The van der Waals surface area contributed by atoms with E-state index < -0.39 is 21.4 Å². The zero-order valence-electron chi connectivity index (χ0n) is 21.7. The van der Waals surface area contributed by atoms with Crippen LogP contribution in [-0.4, -0.2) is 21.4 Å². The van der Waals surface area contributed by atoms with E-state index in [2.05, 4.69) is 0 Å². The van der Waals surface area contributed by atoms with Crippen LogP contribution in [0.25, 0.3) is 0 Å². The van der Waals surface area contributed by atoms with Gasteiger partial charge in [-0.15, -0.1) is 0 Å². The van der Waals surface area contributed by atoms with Crippen LogP contribution >= 0.6 is 0 Å². The summed E-state index contributed by atoms with van der Waals surface area (Å²) in [6.45, 7) is 0. The van der Waals surface area contributed by atoms with Crippen molar-refractivity contribution in [1.29, 1.82) is 0 Å². The van der Waals surface area contributed by atoms with E-state index in [4.69, 9.17) is 9.47 Å². The van der Waals surface area contributed by atoms with Crippen molar-refractivity contribution in [3.05, 3.63) is 164 Å². The average molecular weight is 561 g/mol. The fourth-order valence-corrected chi connectivity index (χ4v) is 4.12. The Morgan fingerprint density at radius 2 is 0.881 bits per heavy atom. The summed E-state index contributed by atoms with van der Waals surface area (Å²) in [6, 6.07) is 30.4. The highest BCUT2D eigenvalue weighted by Crippen LogP contribution is 2.31. The molecule has 42 heavy (non-hydrogen) atoms.